The van der Waals surface area contributed by atoms with Crippen molar-refractivity contribution >= 4 is 29.4 Å². The van der Waals surface area contributed by atoms with Gasteiger partial charge in [-0.15, -0.1) is 11.8 Å². The molecule has 26 heavy (non-hydrogen) atoms. The van der Waals surface area contributed by atoms with Crippen LogP contribution >= 0.6 is 11.8 Å². The molecule has 0 spiro atoms. The zero-order valence-electron chi connectivity index (χ0n) is 15.0. The molecule has 0 aliphatic carbocycles. The Labute approximate surface area is 156 Å². The molecule has 1 aliphatic rings. The molecule has 1 heterocycles. The number of carbonyl (C=O) groups excluding carboxylic acids is 3. The Hall–Kier alpha value is -2.06. The molecule has 1 saturated heterocycles. The number of aliphatic hydroxyl groups is 1. The first-order valence-corrected chi connectivity index (χ1v) is 9.33. The molecule has 0 unspecified atom stereocenters. The monoisotopic (exact) mass is 381 g/mol. The van der Waals surface area contributed by atoms with Crippen molar-refractivity contribution in [1.29, 1.82) is 0 Å². The number of esters is 1. The van der Waals surface area contributed by atoms with Crippen LogP contribution in [0.4, 0.5) is 0 Å². The fourth-order valence-corrected chi connectivity index (χ4v) is 3.69. The highest BCUT2D eigenvalue weighted by Gasteiger charge is 2.39. The number of ketones is 1. The molecular weight excluding hydrogens is 358 g/mol. The van der Waals surface area contributed by atoms with Gasteiger partial charge in [0.15, 0.2) is 5.78 Å². The Balaban J connectivity index is 2.00. The van der Waals surface area contributed by atoms with Gasteiger partial charge in [0.2, 0.25) is 5.91 Å². The van der Waals surface area contributed by atoms with Crippen LogP contribution in [-0.2, 0) is 24.7 Å². The lowest BCUT2D eigenvalue weighted by Crippen LogP contribution is -2.52. The zero-order chi connectivity index (χ0) is 19.3. The molecule has 2 rings (SSSR count). The standard InChI is InChI=1S/C18H23NO6S/c1-4-25-17(22)13-10-26-14(16(21)19-13)9-15(20)18(2,23)11-5-7-12(24-3)8-6-11/h5-8,13-14,23H,4,9-10H2,1-3H3,(H,19,21)/t13-,14+,18-/m0/s1. The maximum absolute atomic E-state index is 12.6. The minimum absolute atomic E-state index is 0.134. The van der Waals surface area contributed by atoms with Crippen molar-refractivity contribution < 1.29 is 29.0 Å². The smallest absolute Gasteiger partial charge is 0.329 e. The van der Waals surface area contributed by atoms with Gasteiger partial charge >= 0.3 is 5.97 Å². The van der Waals surface area contributed by atoms with E-state index in [0.717, 1.165) is 0 Å². The summed E-state index contributed by atoms with van der Waals surface area (Å²) in [4.78, 5) is 36.5. The predicted molar refractivity (Wildman–Crippen MR) is 97.0 cm³/mol. The normalized spacial score (nSPS) is 22.1. The molecule has 142 valence electrons. The quantitative estimate of drug-likeness (QED) is 0.680. The van der Waals surface area contributed by atoms with E-state index >= 15 is 0 Å². The second-order valence-electron chi connectivity index (χ2n) is 6.06. The summed E-state index contributed by atoms with van der Waals surface area (Å²) in [5, 5.41) is 12.6. The second kappa shape index (κ2) is 8.55. The van der Waals surface area contributed by atoms with Crippen LogP contribution in [0.5, 0.6) is 5.75 Å². The minimum atomic E-state index is -1.72. The molecule has 1 aromatic carbocycles. The number of hydrogen-bond donors (Lipinski definition) is 2. The lowest BCUT2D eigenvalue weighted by Gasteiger charge is -2.29. The molecule has 0 saturated carbocycles. The van der Waals surface area contributed by atoms with E-state index < -0.39 is 34.6 Å². The SMILES string of the molecule is CCOC(=O)[C@@H]1CS[C@H](CC(=O)[C@@](C)(O)c2ccc(OC)cc2)C(=O)N1. The predicted octanol–water partition coefficient (Wildman–Crippen LogP) is 1.03. The first-order chi connectivity index (χ1) is 12.3. The van der Waals surface area contributed by atoms with Crippen LogP contribution in [0.25, 0.3) is 0 Å². The number of benzene rings is 1. The molecular formula is C18H23NO6S. The number of rotatable bonds is 7. The topological polar surface area (TPSA) is 102 Å². The van der Waals surface area contributed by atoms with E-state index in [4.69, 9.17) is 9.47 Å². The molecule has 0 aromatic heterocycles. The maximum atomic E-state index is 12.6. The van der Waals surface area contributed by atoms with Crippen LogP contribution in [0.3, 0.4) is 0 Å². The van der Waals surface area contributed by atoms with Crippen molar-refractivity contribution in [3.05, 3.63) is 29.8 Å². The van der Waals surface area contributed by atoms with Gasteiger partial charge in [-0.25, -0.2) is 4.79 Å². The number of carbonyl (C=O) groups is 3. The summed E-state index contributed by atoms with van der Waals surface area (Å²) in [6.45, 7) is 3.34. The summed E-state index contributed by atoms with van der Waals surface area (Å²) in [5.74, 6) is -0.414. The summed E-state index contributed by atoms with van der Waals surface area (Å²) < 4.78 is 9.96. The van der Waals surface area contributed by atoms with E-state index in [1.807, 2.05) is 0 Å². The molecule has 8 heteroatoms. The summed E-state index contributed by atoms with van der Waals surface area (Å²) >= 11 is 1.21. The fraction of sp³-hybridized carbons (Fsp3) is 0.500. The van der Waals surface area contributed by atoms with Gasteiger partial charge in [-0.1, -0.05) is 12.1 Å². The van der Waals surface area contributed by atoms with Crippen molar-refractivity contribution in [3.8, 4) is 5.75 Å². The highest BCUT2D eigenvalue weighted by Crippen LogP contribution is 2.29. The molecule has 0 bridgehead atoms. The molecule has 1 amide bonds. The Kier molecular flexibility index (Phi) is 6.66. The van der Waals surface area contributed by atoms with E-state index in [-0.39, 0.29) is 13.0 Å². The van der Waals surface area contributed by atoms with Crippen molar-refractivity contribution in [2.24, 2.45) is 0 Å². The first-order valence-electron chi connectivity index (χ1n) is 8.28. The van der Waals surface area contributed by atoms with Gasteiger partial charge in [0.1, 0.15) is 17.4 Å². The van der Waals surface area contributed by atoms with Gasteiger partial charge in [0.25, 0.3) is 0 Å². The highest BCUT2D eigenvalue weighted by molar-refractivity contribution is 8.00. The molecule has 2 N–H and O–H groups in total. The van der Waals surface area contributed by atoms with E-state index in [9.17, 15) is 19.5 Å². The number of amides is 1. The number of ether oxygens (including phenoxy) is 2. The first kappa shape index (κ1) is 20.3. The summed E-state index contributed by atoms with van der Waals surface area (Å²) in [6, 6.07) is 5.83. The summed E-state index contributed by atoms with van der Waals surface area (Å²) in [7, 11) is 1.53. The van der Waals surface area contributed by atoms with Crippen LogP contribution in [-0.4, -0.2) is 53.5 Å². The third-order valence-electron chi connectivity index (χ3n) is 4.21. The van der Waals surface area contributed by atoms with Gasteiger partial charge in [-0.05, 0) is 31.5 Å². The maximum Gasteiger partial charge on any atom is 0.329 e. The highest BCUT2D eigenvalue weighted by atomic mass is 32.2. The van der Waals surface area contributed by atoms with E-state index in [0.29, 0.717) is 17.1 Å². The largest absolute Gasteiger partial charge is 0.497 e. The number of thioether (sulfide) groups is 1. The van der Waals surface area contributed by atoms with Crippen LogP contribution in [0.15, 0.2) is 24.3 Å². The summed E-state index contributed by atoms with van der Waals surface area (Å²) in [6.07, 6.45) is -0.134. The Bertz CT molecular complexity index is 673. The molecule has 3 atom stereocenters. The average Bonchev–Trinajstić information content (AvgIpc) is 2.63. The van der Waals surface area contributed by atoms with Crippen molar-refractivity contribution in [2.45, 2.75) is 37.2 Å². The minimum Gasteiger partial charge on any atom is -0.497 e. The Morgan fingerprint density at radius 1 is 1.35 bits per heavy atom. The van der Waals surface area contributed by atoms with Crippen molar-refractivity contribution in [3.63, 3.8) is 0 Å². The van der Waals surface area contributed by atoms with Crippen molar-refractivity contribution in [1.82, 2.24) is 5.32 Å². The summed E-state index contributed by atoms with van der Waals surface area (Å²) in [5.41, 5.74) is -1.29. The van der Waals surface area contributed by atoms with Gasteiger partial charge in [0, 0.05) is 12.2 Å². The van der Waals surface area contributed by atoms with Crippen molar-refractivity contribution in [2.75, 3.05) is 19.5 Å². The van der Waals surface area contributed by atoms with E-state index in [1.54, 1.807) is 31.2 Å². The molecule has 7 nitrogen and oxygen atoms in total. The molecule has 1 aliphatic heterocycles. The average molecular weight is 381 g/mol. The Morgan fingerprint density at radius 2 is 2.00 bits per heavy atom. The second-order valence-corrected chi connectivity index (χ2v) is 7.30. The van der Waals surface area contributed by atoms with Gasteiger partial charge in [0.05, 0.1) is 19.0 Å². The number of Topliss-reactive ketones (excluding diaryl/α,β-unsaturated/α-hetero) is 1. The fourth-order valence-electron chi connectivity index (χ4n) is 2.56. The third kappa shape index (κ3) is 4.56. The van der Waals surface area contributed by atoms with Crippen LogP contribution in [0.2, 0.25) is 0 Å². The van der Waals surface area contributed by atoms with E-state index in [2.05, 4.69) is 5.32 Å². The number of methoxy groups -OCH3 is 1. The van der Waals surface area contributed by atoms with Gasteiger partial charge in [-0.3, -0.25) is 9.59 Å². The third-order valence-corrected chi connectivity index (χ3v) is 5.52. The molecule has 0 radical (unpaired) electrons. The zero-order valence-corrected chi connectivity index (χ0v) is 15.8. The van der Waals surface area contributed by atoms with Crippen LogP contribution in [0, 0.1) is 0 Å². The van der Waals surface area contributed by atoms with Crippen LogP contribution in [0.1, 0.15) is 25.8 Å². The lowest BCUT2D eigenvalue weighted by molar-refractivity contribution is -0.147. The number of hydrogen-bond acceptors (Lipinski definition) is 7. The number of nitrogens with one attached hydrogen (secondary N) is 1. The van der Waals surface area contributed by atoms with E-state index in [1.165, 1.54) is 25.8 Å². The molecule has 1 fully saturated rings. The molecule has 1 aromatic rings. The Morgan fingerprint density at radius 3 is 2.54 bits per heavy atom. The van der Waals surface area contributed by atoms with Crippen LogP contribution < -0.4 is 10.1 Å². The lowest BCUT2D eigenvalue weighted by atomic mass is 9.89. The van der Waals surface area contributed by atoms with Gasteiger partial charge < -0.3 is 19.9 Å². The van der Waals surface area contributed by atoms with Gasteiger partial charge in [-0.2, -0.15) is 0 Å².